The summed E-state index contributed by atoms with van der Waals surface area (Å²) in [5.41, 5.74) is -1.73. The number of carbonyl (C=O) groups excluding carboxylic acids is 12. The first-order valence-electron chi connectivity index (χ1n) is 23.5. The molecule has 394 valence electrons. The van der Waals surface area contributed by atoms with Crippen LogP contribution in [0.4, 0.5) is 4.79 Å². The van der Waals surface area contributed by atoms with Gasteiger partial charge in [0, 0.05) is 26.3 Å². The second-order valence-electron chi connectivity index (χ2n) is 19.4. The van der Waals surface area contributed by atoms with Gasteiger partial charge in [-0.2, -0.15) is 0 Å². The quantitative estimate of drug-likeness (QED) is 0.0288. The van der Waals surface area contributed by atoms with Crippen LogP contribution in [-0.2, 0) is 67.0 Å². The number of Topliss-reactive ketones (excluding diaryl/α,β-unsaturated/α-hetero) is 1. The highest BCUT2D eigenvalue weighted by Crippen LogP contribution is 2.22. The fourth-order valence-electron chi connectivity index (χ4n) is 6.89. The van der Waals surface area contributed by atoms with Crippen LogP contribution in [-0.4, -0.2) is 155 Å². The molecule has 0 aromatic heterocycles. The predicted octanol–water partition coefficient (Wildman–Crippen LogP) is 0.853. The lowest BCUT2D eigenvalue weighted by Crippen LogP contribution is -2.62. The molecule has 70 heavy (non-hydrogen) atoms. The number of amides is 9. The van der Waals surface area contributed by atoms with Gasteiger partial charge >= 0.3 is 23.9 Å². The van der Waals surface area contributed by atoms with Crippen molar-refractivity contribution < 1.29 is 71.7 Å². The molecule has 1 saturated heterocycles. The molecule has 23 nitrogen and oxygen atoms in total. The Bertz CT molecular complexity index is 1940. The fraction of sp³-hybridized carbons (Fsp3) is 0.702. The van der Waals surface area contributed by atoms with E-state index in [1.807, 2.05) is 0 Å². The lowest BCUT2D eigenvalue weighted by molar-refractivity contribution is -0.156. The molecule has 1 fully saturated rings. The van der Waals surface area contributed by atoms with E-state index in [9.17, 15) is 57.5 Å². The van der Waals surface area contributed by atoms with Crippen molar-refractivity contribution in [3.05, 3.63) is 12.7 Å². The van der Waals surface area contributed by atoms with Gasteiger partial charge in [0.1, 0.15) is 48.0 Å². The lowest BCUT2D eigenvalue weighted by atomic mass is 9.98. The topological polar surface area (TPSA) is 311 Å². The van der Waals surface area contributed by atoms with Crippen molar-refractivity contribution in [2.24, 2.45) is 11.8 Å². The van der Waals surface area contributed by atoms with E-state index in [4.69, 9.17) is 14.2 Å². The van der Waals surface area contributed by atoms with Crippen molar-refractivity contribution in [3.8, 4) is 0 Å². The molecule has 1 aliphatic rings. The minimum Gasteiger partial charge on any atom is -0.465 e. The predicted molar refractivity (Wildman–Crippen MR) is 253 cm³/mol. The molecule has 0 unspecified atom stereocenters. The monoisotopic (exact) mass is 993 g/mol. The number of hydrogen-bond acceptors (Lipinski definition) is 15. The van der Waals surface area contributed by atoms with Crippen LogP contribution in [0.5, 0.6) is 0 Å². The van der Waals surface area contributed by atoms with Crippen molar-refractivity contribution in [2.75, 3.05) is 26.2 Å². The molecule has 0 aromatic carbocycles. The van der Waals surface area contributed by atoms with Crippen molar-refractivity contribution in [3.63, 3.8) is 0 Å². The van der Waals surface area contributed by atoms with E-state index < -0.39 is 143 Å². The summed E-state index contributed by atoms with van der Waals surface area (Å²) in [6, 6.07) is -10.00. The number of ketones is 1. The Kier molecular flexibility index (Phi) is 24.9. The fourth-order valence-corrected chi connectivity index (χ4v) is 6.89. The summed E-state index contributed by atoms with van der Waals surface area (Å²) in [5, 5.41) is 15.0. The molecule has 0 aromatic rings. The number of carbonyl (C=O) groups is 12. The minimum absolute atomic E-state index is 0.00967. The zero-order valence-electron chi connectivity index (χ0n) is 43.0. The van der Waals surface area contributed by atoms with Crippen LogP contribution in [0.3, 0.4) is 0 Å². The average Bonchev–Trinajstić information content (AvgIpc) is 3.56. The SMILES string of the molecule is C=CCNC(=O)C(=O)[C@H](CCC)NC(=O)[C@@H]1CN(CC(=O)OCC)C(=O)N1C(=O)[C@@H](NC(=O)[C@@H](NC(=O)[C@H](CCC(=O)OC(C)(C)C)NC(=O)[C@H](CCC(=O)OC(C)(C)C)NC(C)=O)C(C)C)C(C)C. The molecule has 1 heterocycles. The zero-order chi connectivity index (χ0) is 53.8. The standard InChI is InChI=1S/C47H76N8O15/c1-15-18-29(38(60)43(65)48-23-16-2)50-41(63)32-24-54(25-35(59)68-17-3)45(67)55(32)44(66)37(27(6)7)53-42(64)36(26(4)5)52-40(62)31(20-22-34(58)70-47(12,13)14)51-39(61)30(49-28(8)56)19-21-33(57)69-46(9,10)11/h16,26-27,29-32,36-37H,2,15,17-25H2,1,3-14H3,(H,48,65)(H,49,56)(H,50,63)(H,51,61)(H,52,62)(H,53,64)/t29-,30-,31-,32-,36-,37-/m0/s1. The Balaban J connectivity index is 3.62. The maximum atomic E-state index is 14.6. The highest BCUT2D eigenvalue weighted by atomic mass is 16.6. The van der Waals surface area contributed by atoms with Crippen LogP contribution < -0.4 is 31.9 Å². The molecule has 23 heteroatoms. The number of rotatable bonds is 27. The molecule has 6 N–H and O–H groups in total. The van der Waals surface area contributed by atoms with E-state index in [2.05, 4.69) is 38.5 Å². The van der Waals surface area contributed by atoms with Crippen molar-refractivity contribution in [1.29, 1.82) is 0 Å². The number of urea groups is 1. The van der Waals surface area contributed by atoms with Crippen LogP contribution in [0.15, 0.2) is 12.7 Å². The third-order valence-corrected chi connectivity index (χ3v) is 10.1. The first-order valence-corrected chi connectivity index (χ1v) is 23.5. The Morgan fingerprint density at radius 1 is 0.686 bits per heavy atom. The smallest absolute Gasteiger partial charge is 0.328 e. The molecule has 1 rings (SSSR count). The largest absolute Gasteiger partial charge is 0.465 e. The summed E-state index contributed by atoms with van der Waals surface area (Å²) in [6.07, 6.45) is 0.447. The number of nitrogens with one attached hydrogen (secondary N) is 6. The van der Waals surface area contributed by atoms with Gasteiger partial charge in [0.2, 0.25) is 35.3 Å². The molecule has 0 bridgehead atoms. The Morgan fingerprint density at radius 2 is 1.19 bits per heavy atom. The van der Waals surface area contributed by atoms with Gasteiger partial charge in [-0.15, -0.1) is 6.58 Å². The number of ether oxygens (including phenoxy) is 3. The summed E-state index contributed by atoms with van der Waals surface area (Å²) in [5.74, 6) is -11.2. The van der Waals surface area contributed by atoms with E-state index in [0.717, 1.165) is 11.8 Å². The molecule has 0 saturated carbocycles. The Labute approximate surface area is 410 Å². The summed E-state index contributed by atoms with van der Waals surface area (Å²) in [7, 11) is 0. The maximum Gasteiger partial charge on any atom is 0.328 e. The summed E-state index contributed by atoms with van der Waals surface area (Å²) < 4.78 is 15.7. The van der Waals surface area contributed by atoms with Gasteiger partial charge in [0.15, 0.2) is 0 Å². The molecule has 1 aliphatic heterocycles. The van der Waals surface area contributed by atoms with Gasteiger partial charge in [0.25, 0.3) is 11.8 Å². The third kappa shape index (κ3) is 21.1. The maximum absolute atomic E-state index is 14.6. The van der Waals surface area contributed by atoms with Gasteiger partial charge in [-0.3, -0.25) is 52.7 Å². The van der Waals surface area contributed by atoms with Crippen LogP contribution in [0.1, 0.15) is 129 Å². The summed E-state index contributed by atoms with van der Waals surface area (Å²) in [6.45, 7) is 22.7. The van der Waals surface area contributed by atoms with Crippen LogP contribution in [0, 0.1) is 11.8 Å². The molecule has 0 spiro atoms. The average molecular weight is 993 g/mol. The summed E-state index contributed by atoms with van der Waals surface area (Å²) in [4.78, 5) is 162. The minimum atomic E-state index is -1.67. The van der Waals surface area contributed by atoms with Gasteiger partial charge < -0.3 is 51.0 Å². The van der Waals surface area contributed by atoms with Crippen molar-refractivity contribution in [1.82, 2.24) is 41.7 Å². The highest BCUT2D eigenvalue weighted by Gasteiger charge is 2.49. The summed E-state index contributed by atoms with van der Waals surface area (Å²) >= 11 is 0. The van der Waals surface area contributed by atoms with Crippen LogP contribution in [0.25, 0.3) is 0 Å². The first kappa shape index (κ1) is 61.6. The van der Waals surface area contributed by atoms with E-state index >= 15 is 0 Å². The van der Waals surface area contributed by atoms with E-state index in [0.29, 0.717) is 11.3 Å². The lowest BCUT2D eigenvalue weighted by Gasteiger charge is -2.31. The second kappa shape index (κ2) is 28.3. The van der Waals surface area contributed by atoms with Crippen molar-refractivity contribution >= 4 is 71.1 Å². The molecule has 0 aliphatic carbocycles. The van der Waals surface area contributed by atoms with E-state index in [-0.39, 0.29) is 45.3 Å². The molecular weight excluding hydrogens is 917 g/mol. The van der Waals surface area contributed by atoms with Gasteiger partial charge in [-0.1, -0.05) is 47.1 Å². The van der Waals surface area contributed by atoms with Gasteiger partial charge in [-0.05, 0) is 79.6 Å². The van der Waals surface area contributed by atoms with E-state index in [1.54, 1.807) is 62.3 Å². The highest BCUT2D eigenvalue weighted by molar-refractivity contribution is 6.38. The third-order valence-electron chi connectivity index (χ3n) is 10.1. The molecular formula is C47H76N8O15. The molecule has 0 radical (unpaired) electrons. The zero-order valence-corrected chi connectivity index (χ0v) is 43.0. The number of esters is 3. The number of hydrogen-bond donors (Lipinski definition) is 6. The Morgan fingerprint density at radius 3 is 1.64 bits per heavy atom. The molecule has 9 amide bonds. The molecule has 6 atom stereocenters. The van der Waals surface area contributed by atoms with Gasteiger partial charge in [-0.25, -0.2) is 9.69 Å². The van der Waals surface area contributed by atoms with Gasteiger partial charge in [0.05, 0.1) is 19.2 Å². The number of imide groups is 1. The van der Waals surface area contributed by atoms with E-state index in [1.165, 1.54) is 26.8 Å². The second-order valence-corrected chi connectivity index (χ2v) is 19.4. The van der Waals surface area contributed by atoms with Crippen LogP contribution in [0.2, 0.25) is 0 Å². The Hall–Kier alpha value is -6.42. The van der Waals surface area contributed by atoms with Crippen LogP contribution >= 0.6 is 0 Å². The normalized spacial score (nSPS) is 15.9. The first-order chi connectivity index (χ1) is 32.4. The van der Waals surface area contributed by atoms with Crippen molar-refractivity contribution in [2.45, 2.75) is 176 Å². The number of nitrogens with zero attached hydrogens (tertiary/aromatic N) is 2.